The molecule has 26 heavy (non-hydrogen) atoms. The number of nitrogens with zero attached hydrogens (tertiary/aromatic N) is 5. The van der Waals surface area contributed by atoms with Crippen molar-refractivity contribution >= 4 is 22.6 Å². The van der Waals surface area contributed by atoms with Crippen molar-refractivity contribution in [3.8, 4) is 0 Å². The number of hydrogen-bond donors (Lipinski definition) is 0. The minimum Gasteiger partial charge on any atom is -0.283 e. The molecule has 0 radical (unpaired) electrons. The van der Waals surface area contributed by atoms with Gasteiger partial charge < -0.3 is 0 Å². The molecule has 0 spiro atoms. The summed E-state index contributed by atoms with van der Waals surface area (Å²) < 4.78 is 6.36. The Labute approximate surface area is 150 Å². The van der Waals surface area contributed by atoms with Crippen LogP contribution in [0.2, 0.25) is 0 Å². The Hall–Kier alpha value is -3.09. The normalized spacial score (nSPS) is 12.6. The highest BCUT2D eigenvalue weighted by molar-refractivity contribution is 5.78. The van der Waals surface area contributed by atoms with E-state index in [9.17, 15) is 9.59 Å². The largest absolute Gasteiger partial charge is 0.332 e. The fourth-order valence-electron chi connectivity index (χ4n) is 3.26. The van der Waals surface area contributed by atoms with E-state index in [0.29, 0.717) is 29.9 Å². The van der Waals surface area contributed by atoms with E-state index in [2.05, 4.69) is 18.1 Å². The fraction of sp³-hybridized carbons (Fsp3) is 0.316. The second-order valence-electron chi connectivity index (χ2n) is 6.33. The van der Waals surface area contributed by atoms with Crippen LogP contribution in [0, 0.1) is 6.92 Å². The highest BCUT2D eigenvalue weighted by Gasteiger charge is 2.20. The molecule has 3 heterocycles. The van der Waals surface area contributed by atoms with Gasteiger partial charge in [0.15, 0.2) is 11.2 Å². The number of aromatic nitrogens is 5. The molecule has 0 aliphatic carbocycles. The average Bonchev–Trinajstić information content (AvgIpc) is 3.13. The molecule has 0 atom stereocenters. The van der Waals surface area contributed by atoms with Gasteiger partial charge >= 0.3 is 5.69 Å². The van der Waals surface area contributed by atoms with Crippen molar-refractivity contribution in [3.05, 3.63) is 63.6 Å². The highest BCUT2D eigenvalue weighted by Crippen LogP contribution is 2.23. The van der Waals surface area contributed by atoms with Crippen LogP contribution in [0.25, 0.3) is 22.6 Å². The molecule has 136 valence electrons. The molecule has 0 unspecified atom stereocenters. The molecule has 0 fully saturated rings. The Morgan fingerprint density at radius 2 is 1.96 bits per heavy atom. The molecule has 0 bridgehead atoms. The fourth-order valence-corrected chi connectivity index (χ4v) is 3.26. The Balaban J connectivity index is 2.54. The Bertz CT molecular complexity index is 1200. The van der Waals surface area contributed by atoms with E-state index in [1.54, 1.807) is 23.6 Å². The molecule has 0 aliphatic heterocycles. The molecule has 0 saturated carbocycles. The molecule has 0 amide bonds. The lowest BCUT2D eigenvalue weighted by atomic mass is 10.2. The van der Waals surface area contributed by atoms with Crippen molar-refractivity contribution in [2.24, 2.45) is 7.05 Å². The summed E-state index contributed by atoms with van der Waals surface area (Å²) in [6.07, 6.45) is 6.04. The number of hydrogen-bond acceptors (Lipinski definition) is 3. The summed E-state index contributed by atoms with van der Waals surface area (Å²) in [7, 11) is 1.64. The number of aryl methyl sites for hydroxylation is 2. The molecular weight excluding hydrogens is 330 g/mol. The molecule has 0 saturated heterocycles. The zero-order valence-corrected chi connectivity index (χ0v) is 15.6. The first-order valence-electron chi connectivity index (χ1n) is 8.53. The Morgan fingerprint density at radius 3 is 2.54 bits per heavy atom. The molecule has 7 nitrogen and oxygen atoms in total. The summed E-state index contributed by atoms with van der Waals surface area (Å²) in [5, 5.41) is 0. The maximum atomic E-state index is 12.9. The lowest BCUT2D eigenvalue weighted by Crippen LogP contribution is -2.39. The van der Waals surface area contributed by atoms with Gasteiger partial charge in [0, 0.05) is 25.5 Å². The summed E-state index contributed by atoms with van der Waals surface area (Å²) >= 11 is 0. The van der Waals surface area contributed by atoms with Gasteiger partial charge in [0.25, 0.3) is 5.56 Å². The van der Waals surface area contributed by atoms with Gasteiger partial charge in [0.05, 0.1) is 5.70 Å². The van der Waals surface area contributed by atoms with Crippen LogP contribution >= 0.6 is 0 Å². The van der Waals surface area contributed by atoms with Crippen molar-refractivity contribution in [2.75, 3.05) is 0 Å². The van der Waals surface area contributed by atoms with Gasteiger partial charge in [-0.25, -0.2) is 4.79 Å². The maximum Gasteiger partial charge on any atom is 0.332 e. The molecule has 3 rings (SSSR count). The standard InChI is InChI=1S/C19H23N5O2/c1-7-10-22-17(25)15-16(21(6)19(22)26)20-18-23(15)11-13(5)24(18)14(9-3)12(4)8-2/h8-9,11H,2-3,7,10H2,1,4-6H3/b14-12+. The summed E-state index contributed by atoms with van der Waals surface area (Å²) in [5.41, 5.74) is 2.77. The molecule has 3 aromatic rings. The third kappa shape index (κ3) is 2.31. The van der Waals surface area contributed by atoms with Crippen molar-refractivity contribution in [1.82, 2.24) is 23.1 Å². The molecule has 7 heteroatoms. The number of allylic oxidation sites excluding steroid dienone is 4. The van der Waals surface area contributed by atoms with E-state index < -0.39 is 0 Å². The lowest BCUT2D eigenvalue weighted by molar-refractivity contribution is 0.592. The van der Waals surface area contributed by atoms with Gasteiger partial charge in [-0.05, 0) is 31.9 Å². The first-order valence-corrected chi connectivity index (χ1v) is 8.53. The minimum absolute atomic E-state index is 0.320. The monoisotopic (exact) mass is 353 g/mol. The van der Waals surface area contributed by atoms with Crippen molar-refractivity contribution in [3.63, 3.8) is 0 Å². The van der Waals surface area contributed by atoms with Gasteiger partial charge in [-0.2, -0.15) is 4.98 Å². The van der Waals surface area contributed by atoms with Crippen LogP contribution in [-0.4, -0.2) is 23.1 Å². The predicted octanol–water partition coefficient (Wildman–Crippen LogP) is 2.47. The molecule has 0 aromatic carbocycles. The van der Waals surface area contributed by atoms with E-state index in [1.807, 2.05) is 31.5 Å². The summed E-state index contributed by atoms with van der Waals surface area (Å²) in [6, 6.07) is 0. The zero-order chi connectivity index (χ0) is 19.2. The lowest BCUT2D eigenvalue weighted by Gasteiger charge is -2.09. The topological polar surface area (TPSA) is 66.2 Å². The Kier molecular flexibility index (Phi) is 4.31. The van der Waals surface area contributed by atoms with Gasteiger partial charge in [0.2, 0.25) is 5.78 Å². The summed E-state index contributed by atoms with van der Waals surface area (Å²) in [5.74, 6) is 0.565. The second-order valence-corrected chi connectivity index (χ2v) is 6.33. The van der Waals surface area contributed by atoms with Crippen LogP contribution in [-0.2, 0) is 13.6 Å². The average molecular weight is 353 g/mol. The van der Waals surface area contributed by atoms with Crippen LogP contribution in [0.3, 0.4) is 0 Å². The van der Waals surface area contributed by atoms with E-state index in [4.69, 9.17) is 0 Å². The van der Waals surface area contributed by atoms with Crippen LogP contribution in [0.4, 0.5) is 0 Å². The van der Waals surface area contributed by atoms with E-state index >= 15 is 0 Å². The van der Waals surface area contributed by atoms with Crippen molar-refractivity contribution in [2.45, 2.75) is 33.7 Å². The van der Waals surface area contributed by atoms with E-state index in [0.717, 1.165) is 17.0 Å². The summed E-state index contributed by atoms with van der Waals surface area (Å²) in [6.45, 7) is 13.9. The zero-order valence-electron chi connectivity index (χ0n) is 15.6. The Morgan fingerprint density at radius 1 is 1.27 bits per heavy atom. The van der Waals surface area contributed by atoms with E-state index in [1.165, 1.54) is 9.13 Å². The molecule has 3 aromatic heterocycles. The number of rotatable bonds is 5. The molecule has 0 N–H and O–H groups in total. The first-order chi connectivity index (χ1) is 12.4. The van der Waals surface area contributed by atoms with Crippen molar-refractivity contribution < 1.29 is 0 Å². The third-order valence-electron chi connectivity index (χ3n) is 4.62. The SMILES string of the molecule is C=C/C(C)=C(\C=C)n1c(C)cn2c3c(=O)n(CCC)c(=O)n(C)c3nc12. The van der Waals surface area contributed by atoms with Crippen LogP contribution < -0.4 is 11.2 Å². The molecular formula is C19H23N5O2. The van der Waals surface area contributed by atoms with Gasteiger partial charge in [0.1, 0.15) is 0 Å². The van der Waals surface area contributed by atoms with E-state index in [-0.39, 0.29) is 11.2 Å². The van der Waals surface area contributed by atoms with Crippen LogP contribution in [0.15, 0.2) is 46.7 Å². The number of fused-ring (bicyclic) bond motifs is 3. The minimum atomic E-state index is -0.352. The molecule has 0 aliphatic rings. The highest BCUT2D eigenvalue weighted by atomic mass is 16.2. The maximum absolute atomic E-state index is 12.9. The van der Waals surface area contributed by atoms with Gasteiger partial charge in [-0.3, -0.25) is 22.9 Å². The first kappa shape index (κ1) is 17.7. The van der Waals surface area contributed by atoms with Crippen LogP contribution in [0.5, 0.6) is 0 Å². The predicted molar refractivity (Wildman–Crippen MR) is 105 cm³/mol. The van der Waals surface area contributed by atoms with Crippen LogP contribution in [0.1, 0.15) is 26.0 Å². The van der Waals surface area contributed by atoms with Crippen molar-refractivity contribution in [1.29, 1.82) is 0 Å². The van der Waals surface area contributed by atoms with Gasteiger partial charge in [-0.15, -0.1) is 0 Å². The quantitative estimate of drug-likeness (QED) is 0.662. The smallest absolute Gasteiger partial charge is 0.283 e. The second kappa shape index (κ2) is 6.33. The van der Waals surface area contributed by atoms with Gasteiger partial charge in [-0.1, -0.05) is 26.2 Å². The summed E-state index contributed by atoms with van der Waals surface area (Å²) in [4.78, 5) is 30.1. The number of imidazole rings is 2. The third-order valence-corrected chi connectivity index (χ3v) is 4.62.